The second kappa shape index (κ2) is 3.79. The molecule has 0 amide bonds. The number of hydrogen-bond donors (Lipinski definition) is 0. The van der Waals surface area contributed by atoms with E-state index in [0.29, 0.717) is 5.69 Å². The second-order valence-corrected chi connectivity index (χ2v) is 2.84. The number of halogens is 3. The highest BCUT2D eigenvalue weighted by molar-refractivity contribution is 6.67. The highest BCUT2D eigenvalue weighted by Gasteiger charge is 2.12. The van der Waals surface area contributed by atoms with Crippen molar-refractivity contribution in [1.82, 2.24) is 4.98 Å². The molecule has 0 unspecified atom stereocenters. The Morgan fingerprint density at radius 1 is 1.54 bits per heavy atom. The molecule has 5 heteroatoms. The Hall–Kier alpha value is -1.03. The third-order valence-corrected chi connectivity index (χ3v) is 1.64. The van der Waals surface area contributed by atoms with Gasteiger partial charge in [-0.05, 0) is 30.7 Å². The standard InChI is InChI=1S/C8H6ClF2NO/c1-4-2-5(7(9)13)3-6(12-4)8(10)11/h2-3,8H,1H3. The minimum Gasteiger partial charge on any atom is -0.276 e. The number of nitrogens with zero attached hydrogens (tertiary/aromatic N) is 1. The van der Waals surface area contributed by atoms with Crippen LogP contribution in [0.15, 0.2) is 12.1 Å². The number of carbonyl (C=O) groups excluding carboxylic acids is 1. The van der Waals surface area contributed by atoms with E-state index in [-0.39, 0.29) is 5.56 Å². The van der Waals surface area contributed by atoms with E-state index in [0.717, 1.165) is 6.07 Å². The van der Waals surface area contributed by atoms with E-state index >= 15 is 0 Å². The van der Waals surface area contributed by atoms with E-state index in [2.05, 4.69) is 4.98 Å². The van der Waals surface area contributed by atoms with Crippen molar-refractivity contribution in [3.8, 4) is 0 Å². The average Bonchev–Trinajstić information content (AvgIpc) is 2.03. The van der Waals surface area contributed by atoms with E-state index in [1.807, 2.05) is 0 Å². The highest BCUT2D eigenvalue weighted by atomic mass is 35.5. The van der Waals surface area contributed by atoms with Crippen molar-refractivity contribution in [1.29, 1.82) is 0 Å². The van der Waals surface area contributed by atoms with Gasteiger partial charge in [0.1, 0.15) is 5.69 Å². The van der Waals surface area contributed by atoms with Crippen molar-refractivity contribution in [3.63, 3.8) is 0 Å². The topological polar surface area (TPSA) is 30.0 Å². The molecule has 0 radical (unpaired) electrons. The van der Waals surface area contributed by atoms with Crippen LogP contribution in [0.3, 0.4) is 0 Å². The van der Waals surface area contributed by atoms with Gasteiger partial charge < -0.3 is 0 Å². The van der Waals surface area contributed by atoms with E-state index in [9.17, 15) is 13.6 Å². The summed E-state index contributed by atoms with van der Waals surface area (Å²) in [6, 6.07) is 2.36. The maximum absolute atomic E-state index is 12.2. The number of pyridine rings is 1. The molecular formula is C8H6ClF2NO. The number of aryl methyl sites for hydroxylation is 1. The van der Waals surface area contributed by atoms with Gasteiger partial charge in [-0.3, -0.25) is 9.78 Å². The zero-order chi connectivity index (χ0) is 10.0. The lowest BCUT2D eigenvalue weighted by atomic mass is 10.2. The number of aromatic nitrogens is 1. The molecule has 0 atom stereocenters. The Labute approximate surface area is 78.5 Å². The largest absolute Gasteiger partial charge is 0.280 e. The van der Waals surface area contributed by atoms with Crippen molar-refractivity contribution < 1.29 is 13.6 Å². The van der Waals surface area contributed by atoms with Crippen molar-refractivity contribution in [2.75, 3.05) is 0 Å². The zero-order valence-corrected chi connectivity index (χ0v) is 7.48. The molecule has 0 N–H and O–H groups in total. The molecule has 1 rings (SSSR count). The average molecular weight is 206 g/mol. The minimum atomic E-state index is -2.69. The van der Waals surface area contributed by atoms with Gasteiger partial charge in [-0.15, -0.1) is 0 Å². The Morgan fingerprint density at radius 3 is 2.62 bits per heavy atom. The summed E-state index contributed by atoms with van der Waals surface area (Å²) in [5.41, 5.74) is -0.0322. The fourth-order valence-corrected chi connectivity index (χ4v) is 1.03. The molecule has 0 aliphatic heterocycles. The fourth-order valence-electron chi connectivity index (χ4n) is 0.919. The zero-order valence-electron chi connectivity index (χ0n) is 6.72. The summed E-state index contributed by atoms with van der Waals surface area (Å²) in [6.45, 7) is 1.52. The molecule has 13 heavy (non-hydrogen) atoms. The lowest BCUT2D eigenvalue weighted by Crippen LogP contribution is -1.98. The maximum Gasteiger partial charge on any atom is 0.280 e. The SMILES string of the molecule is Cc1cc(C(=O)Cl)cc(C(F)F)n1. The molecule has 1 heterocycles. The lowest BCUT2D eigenvalue weighted by molar-refractivity contribution is 0.108. The Morgan fingerprint density at radius 2 is 2.15 bits per heavy atom. The van der Waals surface area contributed by atoms with Crippen LogP contribution in [0.2, 0.25) is 0 Å². The second-order valence-electron chi connectivity index (χ2n) is 2.50. The molecule has 0 aromatic carbocycles. The van der Waals surface area contributed by atoms with Gasteiger partial charge in [0.25, 0.3) is 11.7 Å². The summed E-state index contributed by atoms with van der Waals surface area (Å²) in [5, 5.41) is -0.757. The van der Waals surface area contributed by atoms with Crippen LogP contribution in [-0.4, -0.2) is 10.2 Å². The molecule has 0 fully saturated rings. The van der Waals surface area contributed by atoms with Crippen LogP contribution >= 0.6 is 11.6 Å². The van der Waals surface area contributed by atoms with E-state index < -0.39 is 17.4 Å². The molecule has 0 saturated heterocycles. The fraction of sp³-hybridized carbons (Fsp3) is 0.250. The third kappa shape index (κ3) is 2.45. The van der Waals surface area contributed by atoms with Gasteiger partial charge in [0.05, 0.1) is 0 Å². The molecule has 0 bridgehead atoms. The normalized spacial score (nSPS) is 10.5. The molecule has 0 spiro atoms. The van der Waals surface area contributed by atoms with Gasteiger partial charge in [-0.2, -0.15) is 0 Å². The first kappa shape index (κ1) is 10.1. The van der Waals surface area contributed by atoms with Gasteiger partial charge in [0, 0.05) is 11.3 Å². The Bertz CT molecular complexity index is 341. The predicted octanol–water partition coefficient (Wildman–Crippen LogP) is 2.71. The summed E-state index contributed by atoms with van der Waals surface area (Å²) >= 11 is 5.14. The predicted molar refractivity (Wildman–Crippen MR) is 44.1 cm³/mol. The molecule has 0 aliphatic carbocycles. The Balaban J connectivity index is 3.19. The Kier molecular flexibility index (Phi) is 2.93. The van der Waals surface area contributed by atoms with Crippen LogP contribution in [-0.2, 0) is 0 Å². The summed E-state index contributed by atoms with van der Waals surface area (Å²) in [4.78, 5) is 14.2. The van der Waals surface area contributed by atoms with E-state index in [1.54, 1.807) is 0 Å². The molecular weight excluding hydrogens is 200 g/mol. The highest BCUT2D eigenvalue weighted by Crippen LogP contribution is 2.19. The van der Waals surface area contributed by atoms with Crippen LogP contribution in [0.1, 0.15) is 28.2 Å². The van der Waals surface area contributed by atoms with Crippen LogP contribution in [0, 0.1) is 6.92 Å². The van der Waals surface area contributed by atoms with Crippen molar-refractivity contribution >= 4 is 16.8 Å². The number of rotatable bonds is 2. The van der Waals surface area contributed by atoms with Crippen LogP contribution in [0.5, 0.6) is 0 Å². The number of carbonyl (C=O) groups is 1. The smallest absolute Gasteiger partial charge is 0.276 e. The molecule has 0 saturated carbocycles. The lowest BCUT2D eigenvalue weighted by Gasteiger charge is -2.02. The van der Waals surface area contributed by atoms with Gasteiger partial charge in [0.2, 0.25) is 0 Å². The van der Waals surface area contributed by atoms with Crippen molar-refractivity contribution in [2.24, 2.45) is 0 Å². The van der Waals surface area contributed by atoms with Gasteiger partial charge in [-0.1, -0.05) is 0 Å². The quantitative estimate of drug-likeness (QED) is 0.695. The number of hydrogen-bond acceptors (Lipinski definition) is 2. The minimum absolute atomic E-state index is 0.0458. The first-order valence-corrected chi connectivity index (χ1v) is 3.85. The summed E-state index contributed by atoms with van der Waals surface area (Å²) < 4.78 is 24.3. The molecule has 1 aromatic heterocycles. The van der Waals surface area contributed by atoms with Gasteiger partial charge >= 0.3 is 0 Å². The van der Waals surface area contributed by atoms with Crippen molar-refractivity contribution in [2.45, 2.75) is 13.3 Å². The van der Waals surface area contributed by atoms with E-state index in [1.165, 1.54) is 13.0 Å². The molecule has 2 nitrogen and oxygen atoms in total. The van der Waals surface area contributed by atoms with Crippen LogP contribution in [0.4, 0.5) is 8.78 Å². The van der Waals surface area contributed by atoms with E-state index in [4.69, 9.17) is 11.6 Å². The first-order valence-electron chi connectivity index (χ1n) is 3.47. The van der Waals surface area contributed by atoms with Crippen LogP contribution < -0.4 is 0 Å². The number of alkyl halides is 2. The molecule has 0 aliphatic rings. The maximum atomic E-state index is 12.2. The van der Waals surface area contributed by atoms with Gasteiger partial charge in [-0.25, -0.2) is 8.78 Å². The summed E-state index contributed by atoms with van der Waals surface area (Å²) in [5.74, 6) is 0. The van der Waals surface area contributed by atoms with Gasteiger partial charge in [0.15, 0.2) is 0 Å². The molecule has 1 aromatic rings. The third-order valence-electron chi connectivity index (χ3n) is 1.42. The monoisotopic (exact) mass is 205 g/mol. The van der Waals surface area contributed by atoms with Crippen LogP contribution in [0.25, 0.3) is 0 Å². The molecule has 70 valence electrons. The summed E-state index contributed by atoms with van der Waals surface area (Å²) in [7, 11) is 0. The summed E-state index contributed by atoms with van der Waals surface area (Å²) in [6.07, 6.45) is -2.69. The first-order chi connectivity index (χ1) is 6.00. The van der Waals surface area contributed by atoms with Crippen molar-refractivity contribution in [3.05, 3.63) is 29.1 Å².